The molecule has 0 N–H and O–H groups in total. The van der Waals surface area contributed by atoms with Crippen molar-refractivity contribution < 1.29 is 0 Å². The molecule has 0 aromatic heterocycles. The van der Waals surface area contributed by atoms with Crippen LogP contribution in [0.25, 0.3) is 5.57 Å². The highest BCUT2D eigenvalue weighted by atomic mass is 79.9. The van der Waals surface area contributed by atoms with Gasteiger partial charge in [-0.1, -0.05) is 38.4 Å². The molecule has 0 fully saturated rings. The number of benzene rings is 1. The molecular weight excluding hydrogens is 268 g/mol. The summed E-state index contributed by atoms with van der Waals surface area (Å²) in [4.78, 5) is 0. The molecule has 11 heavy (non-hydrogen) atoms. The lowest BCUT2D eigenvalue weighted by molar-refractivity contribution is 1.51. The number of hydrogen-bond donors (Lipinski definition) is 0. The molecule has 1 aromatic rings. The van der Waals surface area contributed by atoms with Crippen molar-refractivity contribution in [1.82, 2.24) is 0 Å². The van der Waals surface area contributed by atoms with Gasteiger partial charge in [0.15, 0.2) is 0 Å². The second-order valence-electron chi connectivity index (χ2n) is 2.40. The summed E-state index contributed by atoms with van der Waals surface area (Å²) in [7, 11) is 0. The van der Waals surface area contributed by atoms with Gasteiger partial charge >= 0.3 is 0 Å². The van der Waals surface area contributed by atoms with E-state index in [9.17, 15) is 0 Å². The van der Waals surface area contributed by atoms with Gasteiger partial charge < -0.3 is 0 Å². The van der Waals surface area contributed by atoms with Crippen molar-refractivity contribution >= 4 is 37.4 Å². The summed E-state index contributed by atoms with van der Waals surface area (Å²) in [6.07, 6.45) is 0. The van der Waals surface area contributed by atoms with E-state index in [1.54, 1.807) is 0 Å². The third-order valence-electron chi connectivity index (χ3n) is 1.39. The summed E-state index contributed by atoms with van der Waals surface area (Å²) in [5.74, 6) is 0. The summed E-state index contributed by atoms with van der Waals surface area (Å²) in [6, 6.07) is 6.05. The minimum atomic E-state index is 1.07. The van der Waals surface area contributed by atoms with Crippen molar-refractivity contribution in [3.05, 3.63) is 39.3 Å². The first-order chi connectivity index (χ1) is 5.11. The van der Waals surface area contributed by atoms with Gasteiger partial charge in [0.2, 0.25) is 0 Å². The number of rotatable bonds is 1. The molecule has 0 heterocycles. The first-order valence-electron chi connectivity index (χ1n) is 3.22. The molecule has 1 rings (SSSR count). The third-order valence-corrected chi connectivity index (χ3v) is 2.57. The summed E-state index contributed by atoms with van der Waals surface area (Å²) in [6.45, 7) is 5.87. The monoisotopic (exact) mass is 274 g/mol. The summed E-state index contributed by atoms with van der Waals surface area (Å²) in [5, 5.41) is 0. The van der Waals surface area contributed by atoms with Gasteiger partial charge in [-0.25, -0.2) is 0 Å². The molecule has 0 aliphatic heterocycles. The van der Waals surface area contributed by atoms with E-state index in [0.29, 0.717) is 0 Å². The van der Waals surface area contributed by atoms with Gasteiger partial charge in [0.25, 0.3) is 0 Å². The van der Waals surface area contributed by atoms with E-state index in [2.05, 4.69) is 38.4 Å². The Morgan fingerprint density at radius 2 is 2.00 bits per heavy atom. The molecule has 0 aliphatic carbocycles. The Morgan fingerprint density at radius 1 is 1.36 bits per heavy atom. The van der Waals surface area contributed by atoms with Gasteiger partial charge in [-0.3, -0.25) is 0 Å². The third kappa shape index (κ3) is 2.17. The lowest BCUT2D eigenvalue weighted by Gasteiger charge is -2.02. The molecular formula is C9H8Br2. The topological polar surface area (TPSA) is 0 Å². The van der Waals surface area contributed by atoms with Gasteiger partial charge in [0.1, 0.15) is 0 Å². The predicted molar refractivity (Wildman–Crippen MR) is 56.6 cm³/mol. The Hall–Kier alpha value is -0.0800. The zero-order valence-corrected chi connectivity index (χ0v) is 9.37. The SMILES string of the molecule is C=C(C)c1cc(Br)ccc1Br. The molecule has 0 aliphatic rings. The first kappa shape index (κ1) is 9.01. The summed E-state index contributed by atoms with van der Waals surface area (Å²) in [5.41, 5.74) is 2.22. The fourth-order valence-corrected chi connectivity index (χ4v) is 1.77. The van der Waals surface area contributed by atoms with Crippen molar-refractivity contribution in [2.45, 2.75) is 6.92 Å². The van der Waals surface area contributed by atoms with Crippen LogP contribution in [-0.4, -0.2) is 0 Å². The Bertz CT molecular complexity index is 290. The smallest absolute Gasteiger partial charge is 0.0250 e. The highest BCUT2D eigenvalue weighted by molar-refractivity contribution is 9.11. The Labute approximate surface area is 83.6 Å². The summed E-state index contributed by atoms with van der Waals surface area (Å²) < 4.78 is 2.17. The number of allylic oxidation sites excluding steroid dienone is 1. The van der Waals surface area contributed by atoms with Crippen molar-refractivity contribution in [3.8, 4) is 0 Å². The van der Waals surface area contributed by atoms with E-state index in [1.165, 1.54) is 0 Å². The molecule has 0 amide bonds. The second kappa shape index (κ2) is 3.55. The van der Waals surface area contributed by atoms with Crippen LogP contribution < -0.4 is 0 Å². The van der Waals surface area contributed by atoms with Crippen LogP contribution in [0.3, 0.4) is 0 Å². The molecule has 0 saturated heterocycles. The first-order valence-corrected chi connectivity index (χ1v) is 4.81. The van der Waals surface area contributed by atoms with Crippen LogP contribution in [0, 0.1) is 0 Å². The average Bonchev–Trinajstić information content (AvgIpc) is 1.94. The maximum absolute atomic E-state index is 3.88. The normalized spacial score (nSPS) is 9.73. The van der Waals surface area contributed by atoms with Gasteiger partial charge in [-0.15, -0.1) is 0 Å². The van der Waals surface area contributed by atoms with E-state index < -0.39 is 0 Å². The number of hydrogen-bond acceptors (Lipinski definition) is 0. The zero-order valence-electron chi connectivity index (χ0n) is 6.20. The van der Waals surface area contributed by atoms with Crippen molar-refractivity contribution in [3.63, 3.8) is 0 Å². The fraction of sp³-hybridized carbons (Fsp3) is 0.111. The quantitative estimate of drug-likeness (QED) is 0.719. The minimum Gasteiger partial charge on any atom is -0.0955 e. The maximum atomic E-state index is 3.88. The number of halogens is 2. The van der Waals surface area contributed by atoms with Crippen LogP contribution in [0.15, 0.2) is 33.7 Å². The Morgan fingerprint density at radius 3 is 2.45 bits per heavy atom. The molecule has 2 heteroatoms. The van der Waals surface area contributed by atoms with E-state index in [-0.39, 0.29) is 0 Å². The van der Waals surface area contributed by atoms with E-state index in [0.717, 1.165) is 20.1 Å². The fourth-order valence-electron chi connectivity index (χ4n) is 0.825. The van der Waals surface area contributed by atoms with Crippen molar-refractivity contribution in [1.29, 1.82) is 0 Å². The Kier molecular flexibility index (Phi) is 2.90. The van der Waals surface area contributed by atoms with Crippen LogP contribution in [0.2, 0.25) is 0 Å². The molecule has 0 radical (unpaired) electrons. The van der Waals surface area contributed by atoms with Crippen LogP contribution in [-0.2, 0) is 0 Å². The lowest BCUT2D eigenvalue weighted by Crippen LogP contribution is -1.79. The molecule has 0 saturated carbocycles. The molecule has 1 aromatic carbocycles. The van der Waals surface area contributed by atoms with Gasteiger partial charge in [0, 0.05) is 8.95 Å². The van der Waals surface area contributed by atoms with Crippen LogP contribution >= 0.6 is 31.9 Å². The zero-order chi connectivity index (χ0) is 8.43. The van der Waals surface area contributed by atoms with Crippen LogP contribution in [0.4, 0.5) is 0 Å². The van der Waals surface area contributed by atoms with Crippen LogP contribution in [0.1, 0.15) is 12.5 Å². The van der Waals surface area contributed by atoms with Crippen molar-refractivity contribution in [2.24, 2.45) is 0 Å². The van der Waals surface area contributed by atoms with Gasteiger partial charge in [0.05, 0.1) is 0 Å². The Balaban J connectivity index is 3.23. The lowest BCUT2D eigenvalue weighted by atomic mass is 10.1. The van der Waals surface area contributed by atoms with Crippen LogP contribution in [0.5, 0.6) is 0 Å². The molecule has 0 atom stereocenters. The molecule has 0 spiro atoms. The maximum Gasteiger partial charge on any atom is 0.0250 e. The van der Waals surface area contributed by atoms with Gasteiger partial charge in [-0.2, -0.15) is 0 Å². The standard InChI is InChI=1S/C9H8Br2/c1-6(2)8-5-7(10)3-4-9(8)11/h3-5H,1H2,2H3. The molecule has 0 unspecified atom stereocenters. The second-order valence-corrected chi connectivity index (χ2v) is 4.17. The van der Waals surface area contributed by atoms with E-state index in [1.807, 2.05) is 25.1 Å². The van der Waals surface area contributed by atoms with Crippen molar-refractivity contribution in [2.75, 3.05) is 0 Å². The highest BCUT2D eigenvalue weighted by Gasteiger charge is 1.99. The minimum absolute atomic E-state index is 1.07. The predicted octanol–water partition coefficient (Wildman–Crippen LogP) is 4.24. The summed E-state index contributed by atoms with van der Waals surface area (Å²) >= 11 is 6.85. The molecule has 58 valence electrons. The molecule has 0 nitrogen and oxygen atoms in total. The largest absolute Gasteiger partial charge is 0.0955 e. The van der Waals surface area contributed by atoms with Gasteiger partial charge in [-0.05, 0) is 36.3 Å². The van der Waals surface area contributed by atoms with E-state index >= 15 is 0 Å². The average molecular weight is 276 g/mol. The highest BCUT2D eigenvalue weighted by Crippen LogP contribution is 2.26. The molecule has 0 bridgehead atoms. The van der Waals surface area contributed by atoms with E-state index in [4.69, 9.17) is 0 Å².